The summed E-state index contributed by atoms with van der Waals surface area (Å²) in [5.74, 6) is -1.29. The minimum Gasteiger partial charge on any atom is -0.756 e. The van der Waals surface area contributed by atoms with Gasteiger partial charge >= 0.3 is 23.9 Å². The first-order valence-electron chi connectivity index (χ1n) is 30.3. The maximum Gasteiger partial charge on any atom is 0.306 e. The number of likely N-dealkylation sites (N-methyl/N-ethyl adjacent to an activating group) is 1. The number of carbonyl (C=O) groups is 4. The highest BCUT2D eigenvalue weighted by Gasteiger charge is 2.22. The molecule has 0 saturated carbocycles. The van der Waals surface area contributed by atoms with Crippen LogP contribution in [0, 0.1) is 0 Å². The van der Waals surface area contributed by atoms with Crippen LogP contribution in [-0.4, -0.2) is 94.2 Å². The molecular formula is C59H114NO12P. The SMILES string of the molecule is CCCCCCCCC(CCCCCCCC)OC(=O)CCCCCCCC(=O)OC[C@@H](COP(=O)([O-])OCC[N+](C)(C)C)OC(=O)CCCCCCC(=O)OC(CCCCCCCC)CCCCCCCC. The Labute approximate surface area is 448 Å². The number of ether oxygens (including phenoxy) is 4. The van der Waals surface area contributed by atoms with E-state index >= 15 is 0 Å². The number of carbonyl (C=O) groups excluding carboxylic acids is 4. The molecule has 1 unspecified atom stereocenters. The molecule has 73 heavy (non-hydrogen) atoms. The number of nitrogens with zero attached hydrogens (tertiary/aromatic N) is 1. The van der Waals surface area contributed by atoms with Gasteiger partial charge in [0.1, 0.15) is 32.0 Å². The van der Waals surface area contributed by atoms with Crippen LogP contribution in [0.5, 0.6) is 0 Å². The van der Waals surface area contributed by atoms with Crippen LogP contribution in [-0.2, 0) is 51.7 Å². The molecule has 0 aromatic rings. The zero-order valence-electron chi connectivity index (χ0n) is 48.3. The Hall–Kier alpha value is -2.05. The van der Waals surface area contributed by atoms with Crippen LogP contribution in [0.4, 0.5) is 0 Å². The fraction of sp³-hybridized carbons (Fsp3) is 0.932. The molecule has 0 spiro atoms. The van der Waals surface area contributed by atoms with Crippen LogP contribution in [0.2, 0.25) is 0 Å². The summed E-state index contributed by atoms with van der Waals surface area (Å²) in [6.07, 6.45) is 39.3. The van der Waals surface area contributed by atoms with E-state index in [1.54, 1.807) is 0 Å². The summed E-state index contributed by atoms with van der Waals surface area (Å²) < 4.78 is 46.2. The minimum atomic E-state index is -4.72. The van der Waals surface area contributed by atoms with Crippen LogP contribution < -0.4 is 4.89 Å². The Morgan fingerprint density at radius 3 is 1.00 bits per heavy atom. The van der Waals surface area contributed by atoms with E-state index in [0.29, 0.717) is 49.6 Å². The fourth-order valence-corrected chi connectivity index (χ4v) is 9.57. The van der Waals surface area contributed by atoms with Gasteiger partial charge in [-0.1, -0.05) is 188 Å². The largest absolute Gasteiger partial charge is 0.756 e. The Morgan fingerprint density at radius 1 is 0.384 bits per heavy atom. The van der Waals surface area contributed by atoms with E-state index in [4.69, 9.17) is 28.0 Å². The van der Waals surface area contributed by atoms with Gasteiger partial charge in [0, 0.05) is 25.7 Å². The zero-order valence-corrected chi connectivity index (χ0v) is 49.2. The lowest BCUT2D eigenvalue weighted by Gasteiger charge is -2.28. The van der Waals surface area contributed by atoms with Crippen LogP contribution >= 0.6 is 7.82 Å². The predicted octanol–water partition coefficient (Wildman–Crippen LogP) is 15.5. The van der Waals surface area contributed by atoms with Crippen molar-refractivity contribution in [3.8, 4) is 0 Å². The molecule has 0 aliphatic rings. The second-order valence-corrected chi connectivity index (χ2v) is 23.4. The number of hydrogen-bond acceptors (Lipinski definition) is 12. The monoisotopic (exact) mass is 1060 g/mol. The van der Waals surface area contributed by atoms with Gasteiger partial charge in [0.05, 0.1) is 27.7 Å². The quantitative estimate of drug-likeness (QED) is 0.0186. The number of unbranched alkanes of at least 4 members (excludes halogenated alkanes) is 27. The third kappa shape index (κ3) is 50.5. The number of esters is 4. The third-order valence-electron chi connectivity index (χ3n) is 13.5. The third-order valence-corrected chi connectivity index (χ3v) is 14.5. The van der Waals surface area contributed by atoms with E-state index in [0.717, 1.165) is 83.5 Å². The standard InChI is InChI=1S/C59H114NO12P/c1-8-12-16-20-25-33-41-53(42-34-26-21-17-13-9-2)70-57(62)46-38-30-24-29-37-45-56(61)67-51-55(52-69-73(65,66)68-50-49-60(5,6)7)72-59(64)48-40-32-31-39-47-58(63)71-54(43-35-27-22-18-14-10-3)44-36-28-23-19-15-11-4/h53-55H,8-52H2,1-7H3/t55-/m0/s1. The summed E-state index contributed by atoms with van der Waals surface area (Å²) >= 11 is 0. The Morgan fingerprint density at radius 2 is 0.671 bits per heavy atom. The molecule has 432 valence electrons. The summed E-state index contributed by atoms with van der Waals surface area (Å²) in [5, 5.41) is 0. The van der Waals surface area contributed by atoms with Crippen LogP contribution in [0.3, 0.4) is 0 Å². The Kier molecular flexibility index (Phi) is 48.1. The van der Waals surface area contributed by atoms with E-state index in [1.807, 2.05) is 21.1 Å². The second-order valence-electron chi connectivity index (χ2n) is 22.0. The van der Waals surface area contributed by atoms with Crippen LogP contribution in [0.25, 0.3) is 0 Å². The lowest BCUT2D eigenvalue weighted by atomic mass is 10.0. The maximum absolute atomic E-state index is 12.9. The lowest BCUT2D eigenvalue weighted by Crippen LogP contribution is -2.37. The first kappa shape index (κ1) is 71.0. The van der Waals surface area contributed by atoms with Gasteiger partial charge in [0.2, 0.25) is 0 Å². The van der Waals surface area contributed by atoms with Gasteiger partial charge in [0.15, 0.2) is 6.10 Å². The van der Waals surface area contributed by atoms with Crippen molar-refractivity contribution >= 4 is 31.7 Å². The molecule has 0 aromatic heterocycles. The summed E-state index contributed by atoms with van der Waals surface area (Å²) in [6.45, 7) is 8.35. The van der Waals surface area contributed by atoms with E-state index < -0.39 is 32.5 Å². The van der Waals surface area contributed by atoms with E-state index in [1.165, 1.54) is 128 Å². The molecule has 0 saturated heterocycles. The number of phosphoric acid groups is 1. The maximum atomic E-state index is 12.9. The van der Waals surface area contributed by atoms with E-state index in [9.17, 15) is 28.6 Å². The summed E-state index contributed by atoms with van der Waals surface area (Å²) in [6, 6.07) is 0. The zero-order chi connectivity index (χ0) is 54.1. The van der Waals surface area contributed by atoms with Gasteiger partial charge in [-0.2, -0.15) is 0 Å². The lowest BCUT2D eigenvalue weighted by molar-refractivity contribution is -0.870. The van der Waals surface area contributed by atoms with Crippen molar-refractivity contribution in [3.63, 3.8) is 0 Å². The Bertz CT molecular complexity index is 1330. The summed E-state index contributed by atoms with van der Waals surface area (Å²) in [4.78, 5) is 63.9. The normalized spacial score (nSPS) is 13.1. The summed E-state index contributed by atoms with van der Waals surface area (Å²) in [7, 11) is 1.01. The molecular weight excluding hydrogens is 946 g/mol. The van der Waals surface area contributed by atoms with Gasteiger partial charge < -0.3 is 37.4 Å². The number of rotatable bonds is 55. The molecule has 0 amide bonds. The fourth-order valence-electron chi connectivity index (χ4n) is 8.84. The molecule has 0 bridgehead atoms. The van der Waals surface area contributed by atoms with Crippen LogP contribution in [0.1, 0.15) is 291 Å². The average molecular weight is 1060 g/mol. The van der Waals surface area contributed by atoms with Crippen molar-refractivity contribution in [3.05, 3.63) is 0 Å². The predicted molar refractivity (Wildman–Crippen MR) is 295 cm³/mol. The molecule has 0 N–H and O–H groups in total. The van der Waals surface area contributed by atoms with Gasteiger partial charge in [-0.3, -0.25) is 23.7 Å². The molecule has 0 heterocycles. The summed E-state index contributed by atoms with van der Waals surface area (Å²) in [5.41, 5.74) is 0. The second kappa shape index (κ2) is 49.5. The first-order valence-corrected chi connectivity index (χ1v) is 31.7. The van der Waals surface area contributed by atoms with E-state index in [-0.39, 0.29) is 50.2 Å². The molecule has 2 atom stereocenters. The number of phosphoric ester groups is 1. The number of hydrogen-bond donors (Lipinski definition) is 0. The van der Waals surface area contributed by atoms with Crippen LogP contribution in [0.15, 0.2) is 0 Å². The molecule has 0 aliphatic heterocycles. The van der Waals surface area contributed by atoms with Crippen molar-refractivity contribution in [1.82, 2.24) is 0 Å². The molecule has 0 radical (unpaired) electrons. The molecule has 13 nitrogen and oxygen atoms in total. The molecule has 0 rings (SSSR count). The van der Waals surface area contributed by atoms with Gasteiger partial charge in [-0.25, -0.2) is 0 Å². The van der Waals surface area contributed by atoms with Crippen molar-refractivity contribution < 1.29 is 61.1 Å². The van der Waals surface area contributed by atoms with Gasteiger partial charge in [0.25, 0.3) is 7.82 Å². The van der Waals surface area contributed by atoms with Crippen molar-refractivity contribution in [2.24, 2.45) is 0 Å². The highest BCUT2D eigenvalue weighted by atomic mass is 31.2. The topological polar surface area (TPSA) is 164 Å². The molecule has 0 fully saturated rings. The Balaban J connectivity index is 4.88. The van der Waals surface area contributed by atoms with Crippen molar-refractivity contribution in [2.45, 2.75) is 309 Å². The molecule has 0 aromatic carbocycles. The van der Waals surface area contributed by atoms with Gasteiger partial charge in [-0.05, 0) is 77.0 Å². The van der Waals surface area contributed by atoms with Crippen molar-refractivity contribution in [1.29, 1.82) is 0 Å². The first-order chi connectivity index (χ1) is 35.1. The van der Waals surface area contributed by atoms with Gasteiger partial charge in [-0.15, -0.1) is 0 Å². The van der Waals surface area contributed by atoms with E-state index in [2.05, 4.69) is 27.7 Å². The average Bonchev–Trinajstić information content (AvgIpc) is 3.34. The molecule has 0 aliphatic carbocycles. The number of quaternary nitrogens is 1. The highest BCUT2D eigenvalue weighted by molar-refractivity contribution is 7.45. The minimum absolute atomic E-state index is 0.0127. The van der Waals surface area contributed by atoms with Crippen molar-refractivity contribution in [2.75, 3.05) is 47.5 Å². The molecule has 14 heteroatoms. The smallest absolute Gasteiger partial charge is 0.306 e. The highest BCUT2D eigenvalue weighted by Crippen LogP contribution is 2.38.